The number of carbonyl (C=O) groups is 2. The number of carboxylic acids is 1. The molecule has 4 N–H and O–H groups in total. The molecule has 6 rings (SSSR count). The van der Waals surface area contributed by atoms with Crippen molar-refractivity contribution in [2.45, 2.75) is 19.3 Å². The Bertz CT molecular complexity index is 1680. The maximum atomic E-state index is 12.7. The van der Waals surface area contributed by atoms with E-state index in [1.54, 1.807) is 18.5 Å². The van der Waals surface area contributed by atoms with Gasteiger partial charge < -0.3 is 16.2 Å². The Morgan fingerprint density at radius 2 is 1.74 bits per heavy atom. The van der Waals surface area contributed by atoms with Crippen molar-refractivity contribution in [3.05, 3.63) is 85.2 Å². The molecule has 0 saturated heterocycles. The van der Waals surface area contributed by atoms with Gasteiger partial charge in [-0.05, 0) is 66.8 Å². The second-order valence-electron chi connectivity index (χ2n) is 9.71. The molecular formula is C30H26N6O3. The molecular weight excluding hydrogens is 492 g/mol. The van der Waals surface area contributed by atoms with Gasteiger partial charge in [0.2, 0.25) is 5.91 Å². The fourth-order valence-electron chi connectivity index (χ4n) is 5.20. The lowest BCUT2D eigenvalue weighted by atomic mass is 10.0. The third-order valence-corrected chi connectivity index (χ3v) is 7.25. The highest BCUT2D eigenvalue weighted by Gasteiger charge is 2.34. The summed E-state index contributed by atoms with van der Waals surface area (Å²) in [7, 11) is 0. The van der Waals surface area contributed by atoms with Crippen LogP contribution in [0.1, 0.15) is 19.3 Å². The first-order valence-electron chi connectivity index (χ1n) is 12.8. The van der Waals surface area contributed by atoms with E-state index in [-0.39, 0.29) is 11.8 Å². The fraction of sp³-hybridized carbons (Fsp3) is 0.167. The van der Waals surface area contributed by atoms with Crippen LogP contribution in [0.2, 0.25) is 0 Å². The molecule has 1 aliphatic carbocycles. The number of pyridine rings is 2. The molecule has 2 atom stereocenters. The van der Waals surface area contributed by atoms with Crippen LogP contribution in [0.25, 0.3) is 39.2 Å². The predicted octanol–water partition coefficient (Wildman–Crippen LogP) is 5.17. The Kier molecular flexibility index (Phi) is 6.24. The van der Waals surface area contributed by atoms with Crippen LogP contribution >= 0.6 is 0 Å². The quantitative estimate of drug-likeness (QED) is 0.282. The zero-order chi connectivity index (χ0) is 26.9. The Morgan fingerprint density at radius 1 is 0.923 bits per heavy atom. The molecule has 0 bridgehead atoms. The second-order valence-corrected chi connectivity index (χ2v) is 9.71. The van der Waals surface area contributed by atoms with Gasteiger partial charge in [0, 0.05) is 12.1 Å². The monoisotopic (exact) mass is 518 g/mol. The van der Waals surface area contributed by atoms with Gasteiger partial charge in [-0.2, -0.15) is 0 Å². The number of carbonyl (C=O) groups excluding carboxylic acids is 1. The average molecular weight is 519 g/mol. The summed E-state index contributed by atoms with van der Waals surface area (Å²) >= 11 is 0. The van der Waals surface area contributed by atoms with Crippen LogP contribution < -0.4 is 11.1 Å². The lowest BCUT2D eigenvalue weighted by Gasteiger charge is -2.13. The molecule has 2 aromatic carbocycles. The van der Waals surface area contributed by atoms with Crippen molar-refractivity contribution in [1.29, 1.82) is 0 Å². The molecule has 3 aromatic heterocycles. The second kappa shape index (κ2) is 10.0. The van der Waals surface area contributed by atoms with E-state index in [9.17, 15) is 14.7 Å². The zero-order valence-corrected chi connectivity index (χ0v) is 21.0. The Morgan fingerprint density at radius 3 is 2.46 bits per heavy atom. The van der Waals surface area contributed by atoms with E-state index in [1.165, 1.54) is 0 Å². The standard InChI is InChI=1S/C30H26N6O3/c31-27-23(7-4-14-32-27)28-34-24-12-10-19(18-5-2-1-3-6-18)16-25(24)36(28)22-11-13-26(33-17-22)35-29(37)20-8-9-21(15-20)30(38)39/h1-7,10-14,16-17,20-21H,8-9,15H2,(H2,31,32)(H,38,39)(H,33,35,37). The van der Waals surface area contributed by atoms with Gasteiger partial charge in [0.05, 0.1) is 34.4 Å². The highest BCUT2D eigenvalue weighted by Crippen LogP contribution is 2.34. The largest absolute Gasteiger partial charge is 0.481 e. The third kappa shape index (κ3) is 4.70. The number of nitrogens with zero attached hydrogens (tertiary/aromatic N) is 4. The van der Waals surface area contributed by atoms with Crippen LogP contribution in [-0.4, -0.2) is 36.5 Å². The molecule has 0 radical (unpaired) electrons. The molecule has 1 saturated carbocycles. The number of nitrogens with one attached hydrogen (secondary N) is 1. The van der Waals surface area contributed by atoms with Gasteiger partial charge in [-0.3, -0.25) is 14.2 Å². The molecule has 0 aliphatic heterocycles. The molecule has 9 heteroatoms. The smallest absolute Gasteiger partial charge is 0.306 e. The van der Waals surface area contributed by atoms with E-state index >= 15 is 0 Å². The van der Waals surface area contributed by atoms with Gasteiger partial charge in [0.15, 0.2) is 0 Å². The van der Waals surface area contributed by atoms with Gasteiger partial charge in [0.1, 0.15) is 17.5 Å². The first kappa shape index (κ1) is 24.3. The molecule has 9 nitrogen and oxygen atoms in total. The van der Waals surface area contributed by atoms with Gasteiger partial charge in [-0.1, -0.05) is 36.4 Å². The minimum atomic E-state index is -0.846. The molecule has 194 valence electrons. The van der Waals surface area contributed by atoms with E-state index in [2.05, 4.69) is 33.5 Å². The highest BCUT2D eigenvalue weighted by molar-refractivity contribution is 5.93. The maximum Gasteiger partial charge on any atom is 0.306 e. The number of hydrogen-bond donors (Lipinski definition) is 3. The SMILES string of the molecule is Nc1ncccc1-c1nc2ccc(-c3ccccc3)cc2n1-c1ccc(NC(=O)C2CCC(C(=O)O)C2)nc1. The summed E-state index contributed by atoms with van der Waals surface area (Å²) in [6, 6.07) is 23.5. The number of fused-ring (bicyclic) bond motifs is 1. The summed E-state index contributed by atoms with van der Waals surface area (Å²) in [4.78, 5) is 37.6. The maximum absolute atomic E-state index is 12.7. The van der Waals surface area contributed by atoms with Crippen molar-refractivity contribution in [1.82, 2.24) is 19.5 Å². The first-order valence-corrected chi connectivity index (χ1v) is 12.8. The van der Waals surface area contributed by atoms with Crippen LogP contribution in [0.4, 0.5) is 11.6 Å². The number of nitrogen functional groups attached to an aromatic ring is 1. The number of imidazole rings is 1. The number of amides is 1. The van der Waals surface area contributed by atoms with Crippen LogP contribution in [0.5, 0.6) is 0 Å². The van der Waals surface area contributed by atoms with Crippen LogP contribution in [0.15, 0.2) is 85.2 Å². The number of nitrogens with two attached hydrogens (primary N) is 1. The summed E-state index contributed by atoms with van der Waals surface area (Å²) in [5.74, 6) is -0.453. The van der Waals surface area contributed by atoms with Crippen LogP contribution in [0, 0.1) is 11.8 Å². The van der Waals surface area contributed by atoms with E-state index in [1.807, 2.05) is 53.1 Å². The highest BCUT2D eigenvalue weighted by atomic mass is 16.4. The molecule has 1 amide bonds. The van der Waals surface area contributed by atoms with Crippen LogP contribution in [-0.2, 0) is 9.59 Å². The van der Waals surface area contributed by atoms with Gasteiger partial charge in [0.25, 0.3) is 0 Å². The number of benzene rings is 2. The van der Waals surface area contributed by atoms with Gasteiger partial charge in [-0.15, -0.1) is 0 Å². The Hall–Kier alpha value is -5.05. The van der Waals surface area contributed by atoms with Crippen molar-refractivity contribution in [2.24, 2.45) is 11.8 Å². The summed E-state index contributed by atoms with van der Waals surface area (Å²) in [5, 5.41) is 12.1. The number of carboxylic acid groups (broad SMARTS) is 1. The number of anilines is 2. The van der Waals surface area contributed by atoms with Crippen molar-refractivity contribution >= 4 is 34.5 Å². The Labute approximate surface area is 224 Å². The summed E-state index contributed by atoms with van der Waals surface area (Å²) in [6.07, 6.45) is 4.73. The lowest BCUT2D eigenvalue weighted by Crippen LogP contribution is -2.22. The van der Waals surface area contributed by atoms with Gasteiger partial charge in [-0.25, -0.2) is 15.0 Å². The summed E-state index contributed by atoms with van der Waals surface area (Å²) in [6.45, 7) is 0. The van der Waals surface area contributed by atoms with E-state index < -0.39 is 11.9 Å². The minimum Gasteiger partial charge on any atom is -0.481 e. The Balaban J connectivity index is 1.38. The zero-order valence-electron chi connectivity index (χ0n) is 21.0. The number of aromatic nitrogens is 4. The average Bonchev–Trinajstić information content (AvgIpc) is 3.60. The predicted molar refractivity (Wildman–Crippen MR) is 149 cm³/mol. The summed E-state index contributed by atoms with van der Waals surface area (Å²) < 4.78 is 1.99. The van der Waals surface area contributed by atoms with Crippen molar-refractivity contribution < 1.29 is 14.7 Å². The normalized spacial score (nSPS) is 16.8. The molecule has 1 aliphatic rings. The minimum absolute atomic E-state index is 0.205. The lowest BCUT2D eigenvalue weighted by molar-refractivity contribution is -0.141. The van der Waals surface area contributed by atoms with Crippen molar-refractivity contribution in [3.8, 4) is 28.2 Å². The molecule has 3 heterocycles. The summed E-state index contributed by atoms with van der Waals surface area (Å²) in [5.41, 5.74) is 11.5. The van der Waals surface area contributed by atoms with Gasteiger partial charge >= 0.3 is 5.97 Å². The molecule has 1 fully saturated rings. The molecule has 5 aromatic rings. The molecule has 0 spiro atoms. The van der Waals surface area contributed by atoms with E-state index in [0.29, 0.717) is 42.3 Å². The van der Waals surface area contributed by atoms with E-state index in [0.717, 1.165) is 27.8 Å². The first-order chi connectivity index (χ1) is 19.0. The molecule has 2 unspecified atom stereocenters. The fourth-order valence-corrected chi connectivity index (χ4v) is 5.20. The number of hydrogen-bond acceptors (Lipinski definition) is 6. The number of aliphatic carboxylic acids is 1. The van der Waals surface area contributed by atoms with E-state index in [4.69, 9.17) is 10.7 Å². The van der Waals surface area contributed by atoms with Crippen LogP contribution in [0.3, 0.4) is 0 Å². The third-order valence-electron chi connectivity index (χ3n) is 7.25. The topological polar surface area (TPSA) is 136 Å². The van der Waals surface area contributed by atoms with Crippen molar-refractivity contribution in [2.75, 3.05) is 11.1 Å². The number of rotatable bonds is 6. The molecule has 39 heavy (non-hydrogen) atoms. The van der Waals surface area contributed by atoms with Crippen molar-refractivity contribution in [3.63, 3.8) is 0 Å².